The average Bonchev–Trinajstić information content (AvgIpc) is 2.47. The summed E-state index contributed by atoms with van der Waals surface area (Å²) < 4.78 is 6.00. The van der Waals surface area contributed by atoms with E-state index in [0.717, 1.165) is 31.8 Å². The minimum absolute atomic E-state index is 0.0233. The van der Waals surface area contributed by atoms with E-state index >= 15 is 0 Å². The van der Waals surface area contributed by atoms with Gasteiger partial charge in [-0.15, -0.1) is 0 Å². The fraction of sp³-hybridized carbons (Fsp3) is 0.688. The van der Waals surface area contributed by atoms with E-state index in [1.807, 2.05) is 6.20 Å². The summed E-state index contributed by atoms with van der Waals surface area (Å²) in [5.74, 6) is 0. The molecule has 2 rings (SSSR count). The number of morpholine rings is 1. The molecule has 1 atom stereocenters. The van der Waals surface area contributed by atoms with Crippen LogP contribution >= 0.6 is 0 Å². The number of pyridine rings is 1. The molecule has 0 amide bonds. The van der Waals surface area contributed by atoms with Gasteiger partial charge in [0.25, 0.3) is 0 Å². The maximum Gasteiger partial charge on any atom is 0.0928 e. The van der Waals surface area contributed by atoms with Gasteiger partial charge in [-0.1, -0.05) is 6.92 Å². The van der Waals surface area contributed by atoms with Crippen molar-refractivity contribution in [2.75, 3.05) is 38.7 Å². The van der Waals surface area contributed by atoms with E-state index in [1.165, 1.54) is 5.69 Å². The Kier molecular flexibility index (Phi) is 4.66. The highest BCUT2D eigenvalue weighted by Gasteiger charge is 2.36. The summed E-state index contributed by atoms with van der Waals surface area (Å²) in [7, 11) is 4.22. The van der Waals surface area contributed by atoms with Crippen LogP contribution in [0, 0.1) is 0 Å². The lowest BCUT2D eigenvalue weighted by atomic mass is 9.94. The van der Waals surface area contributed by atoms with Crippen molar-refractivity contribution >= 4 is 5.69 Å². The van der Waals surface area contributed by atoms with E-state index in [1.54, 1.807) is 0 Å². The third kappa shape index (κ3) is 3.13. The van der Waals surface area contributed by atoms with Gasteiger partial charge in [0.1, 0.15) is 0 Å². The smallest absolute Gasteiger partial charge is 0.0928 e. The van der Waals surface area contributed by atoms with Gasteiger partial charge in [0, 0.05) is 24.3 Å². The molecule has 1 fully saturated rings. The summed E-state index contributed by atoms with van der Waals surface area (Å²) >= 11 is 0. The van der Waals surface area contributed by atoms with Gasteiger partial charge in [-0.05, 0) is 46.5 Å². The van der Waals surface area contributed by atoms with Crippen LogP contribution in [0.1, 0.15) is 26.5 Å². The fourth-order valence-corrected chi connectivity index (χ4v) is 2.41. The molecule has 20 heavy (non-hydrogen) atoms. The second kappa shape index (κ2) is 6.10. The highest BCUT2D eigenvalue weighted by Crippen LogP contribution is 2.25. The summed E-state index contributed by atoms with van der Waals surface area (Å²) in [5.41, 5.74) is 2.37. The van der Waals surface area contributed by atoms with Crippen molar-refractivity contribution in [2.45, 2.75) is 38.8 Å². The van der Waals surface area contributed by atoms with Gasteiger partial charge in [-0.25, -0.2) is 0 Å². The summed E-state index contributed by atoms with van der Waals surface area (Å²) in [6.45, 7) is 9.23. The Hall–Kier alpha value is -1.13. The SMILES string of the molecule is CCc1ccc(N2CCOC(C(C)(C)N(C)C)C2)cn1. The molecule has 0 bridgehead atoms. The molecule has 0 N–H and O–H groups in total. The number of ether oxygens (including phenoxy) is 1. The summed E-state index contributed by atoms with van der Waals surface area (Å²) in [4.78, 5) is 9.12. The average molecular weight is 277 g/mol. The zero-order valence-corrected chi connectivity index (χ0v) is 13.4. The lowest BCUT2D eigenvalue weighted by molar-refractivity contribution is -0.0484. The molecule has 0 saturated carbocycles. The van der Waals surface area contributed by atoms with Crippen molar-refractivity contribution in [2.24, 2.45) is 0 Å². The summed E-state index contributed by atoms with van der Waals surface area (Å²) in [6, 6.07) is 4.30. The van der Waals surface area contributed by atoms with Gasteiger partial charge >= 0.3 is 0 Å². The number of hydrogen-bond acceptors (Lipinski definition) is 4. The minimum atomic E-state index is 0.0233. The number of aromatic nitrogens is 1. The minimum Gasteiger partial charge on any atom is -0.373 e. The largest absolute Gasteiger partial charge is 0.373 e. The van der Waals surface area contributed by atoms with Crippen LogP contribution in [0.5, 0.6) is 0 Å². The van der Waals surface area contributed by atoms with E-state index < -0.39 is 0 Å². The Labute approximate surface area is 122 Å². The molecular formula is C16H27N3O. The molecule has 0 radical (unpaired) electrons. The maximum absolute atomic E-state index is 6.00. The van der Waals surface area contributed by atoms with E-state index in [4.69, 9.17) is 4.74 Å². The van der Waals surface area contributed by atoms with Crippen molar-refractivity contribution in [1.29, 1.82) is 0 Å². The summed E-state index contributed by atoms with van der Waals surface area (Å²) in [5, 5.41) is 0. The molecule has 1 aromatic rings. The van der Waals surface area contributed by atoms with Crippen molar-refractivity contribution in [3.63, 3.8) is 0 Å². The molecule has 1 aliphatic rings. The molecule has 1 unspecified atom stereocenters. The molecule has 112 valence electrons. The molecule has 0 spiro atoms. The predicted molar refractivity (Wildman–Crippen MR) is 83.3 cm³/mol. The van der Waals surface area contributed by atoms with E-state index in [2.05, 4.69) is 61.8 Å². The van der Waals surface area contributed by atoms with Crippen LogP contribution < -0.4 is 4.90 Å². The number of rotatable bonds is 4. The van der Waals surface area contributed by atoms with Crippen LogP contribution in [0.15, 0.2) is 18.3 Å². The zero-order chi connectivity index (χ0) is 14.8. The normalized spacial score (nSPS) is 20.5. The topological polar surface area (TPSA) is 28.6 Å². The van der Waals surface area contributed by atoms with Crippen molar-refractivity contribution in [1.82, 2.24) is 9.88 Å². The number of anilines is 1. The van der Waals surface area contributed by atoms with Gasteiger partial charge in [0.2, 0.25) is 0 Å². The molecule has 2 heterocycles. The van der Waals surface area contributed by atoms with Gasteiger partial charge < -0.3 is 14.5 Å². The first-order chi connectivity index (χ1) is 9.45. The Balaban J connectivity index is 2.10. The fourth-order valence-electron chi connectivity index (χ4n) is 2.41. The number of aryl methyl sites for hydroxylation is 1. The van der Waals surface area contributed by atoms with E-state index in [0.29, 0.717) is 0 Å². The van der Waals surface area contributed by atoms with Gasteiger partial charge in [-0.3, -0.25) is 4.98 Å². The number of hydrogen-bond donors (Lipinski definition) is 0. The zero-order valence-electron chi connectivity index (χ0n) is 13.4. The van der Waals surface area contributed by atoms with Crippen LogP contribution in [0.3, 0.4) is 0 Å². The van der Waals surface area contributed by atoms with Gasteiger partial charge in [-0.2, -0.15) is 0 Å². The molecule has 4 nitrogen and oxygen atoms in total. The monoisotopic (exact) mass is 277 g/mol. The maximum atomic E-state index is 6.00. The molecular weight excluding hydrogens is 250 g/mol. The third-order valence-corrected chi connectivity index (χ3v) is 4.54. The van der Waals surface area contributed by atoms with Crippen molar-refractivity contribution < 1.29 is 4.74 Å². The second-order valence-electron chi connectivity index (χ2n) is 6.21. The Bertz CT molecular complexity index is 428. The third-order valence-electron chi connectivity index (χ3n) is 4.54. The lowest BCUT2D eigenvalue weighted by Crippen LogP contribution is -2.57. The van der Waals surface area contributed by atoms with E-state index in [9.17, 15) is 0 Å². The Morgan fingerprint density at radius 1 is 1.40 bits per heavy atom. The Morgan fingerprint density at radius 2 is 2.15 bits per heavy atom. The Morgan fingerprint density at radius 3 is 2.70 bits per heavy atom. The standard InChI is InChI=1S/C16H27N3O/c1-6-13-7-8-14(11-17-13)19-9-10-20-15(12-19)16(2,3)18(4)5/h7-8,11,15H,6,9-10,12H2,1-5H3. The first-order valence-electron chi connectivity index (χ1n) is 7.44. The molecule has 1 aromatic heterocycles. The van der Waals surface area contributed by atoms with Crippen LogP contribution in [-0.2, 0) is 11.2 Å². The van der Waals surface area contributed by atoms with Crippen LogP contribution in [0.4, 0.5) is 5.69 Å². The van der Waals surface area contributed by atoms with Crippen LogP contribution in [0.2, 0.25) is 0 Å². The first-order valence-corrected chi connectivity index (χ1v) is 7.44. The first kappa shape index (κ1) is 15.3. The molecule has 1 aliphatic heterocycles. The van der Waals surface area contributed by atoms with Crippen molar-refractivity contribution in [3.05, 3.63) is 24.0 Å². The number of nitrogens with zero attached hydrogens (tertiary/aromatic N) is 3. The van der Waals surface area contributed by atoms with E-state index in [-0.39, 0.29) is 11.6 Å². The van der Waals surface area contributed by atoms with Crippen molar-refractivity contribution in [3.8, 4) is 0 Å². The lowest BCUT2D eigenvalue weighted by Gasteiger charge is -2.45. The molecule has 0 aromatic carbocycles. The highest BCUT2D eigenvalue weighted by atomic mass is 16.5. The summed E-state index contributed by atoms with van der Waals surface area (Å²) in [6.07, 6.45) is 3.18. The quantitative estimate of drug-likeness (QED) is 0.843. The van der Waals surface area contributed by atoms with Gasteiger partial charge in [0.05, 0.1) is 24.6 Å². The molecule has 1 saturated heterocycles. The highest BCUT2D eigenvalue weighted by molar-refractivity contribution is 5.45. The second-order valence-corrected chi connectivity index (χ2v) is 6.21. The van der Waals surface area contributed by atoms with Crippen LogP contribution in [0.25, 0.3) is 0 Å². The van der Waals surface area contributed by atoms with Gasteiger partial charge in [0.15, 0.2) is 0 Å². The molecule has 0 aliphatic carbocycles. The molecule has 4 heteroatoms. The predicted octanol–water partition coefficient (Wildman–Crippen LogP) is 2.19. The van der Waals surface area contributed by atoms with Crippen LogP contribution in [-0.4, -0.2) is 55.3 Å². The number of likely N-dealkylation sites (N-methyl/N-ethyl adjacent to an activating group) is 1.